The molecule has 0 unspecified atom stereocenters. The van der Waals surface area contributed by atoms with Crippen LogP contribution in [-0.2, 0) is 0 Å². The van der Waals surface area contributed by atoms with Crippen LogP contribution in [-0.4, -0.2) is 16.0 Å². The second-order valence-electron chi connectivity index (χ2n) is 4.05. The standard InChI is InChI=1S/C14H12IN3OS/c1-9-5-4-8-12(16-9)17-14(20)18-13(19)10-6-2-3-7-11(10)15/h2-8H,1H3,(H2,16,17,18,19,20). The van der Waals surface area contributed by atoms with Gasteiger partial charge in [0.15, 0.2) is 5.11 Å². The summed E-state index contributed by atoms with van der Waals surface area (Å²) >= 11 is 7.23. The number of anilines is 1. The predicted molar refractivity (Wildman–Crippen MR) is 91.8 cm³/mol. The van der Waals surface area contributed by atoms with Crippen molar-refractivity contribution in [3.05, 3.63) is 57.3 Å². The van der Waals surface area contributed by atoms with E-state index in [4.69, 9.17) is 12.2 Å². The summed E-state index contributed by atoms with van der Waals surface area (Å²) in [5.74, 6) is 0.373. The largest absolute Gasteiger partial charge is 0.317 e. The summed E-state index contributed by atoms with van der Waals surface area (Å²) in [6.45, 7) is 1.89. The third-order valence-electron chi connectivity index (χ3n) is 2.48. The number of hydrogen-bond donors (Lipinski definition) is 2. The van der Waals surface area contributed by atoms with Crippen molar-refractivity contribution in [1.82, 2.24) is 10.3 Å². The Morgan fingerprint density at radius 2 is 1.95 bits per heavy atom. The summed E-state index contributed by atoms with van der Waals surface area (Å²) in [7, 11) is 0. The third-order valence-corrected chi connectivity index (χ3v) is 3.62. The number of hydrogen-bond acceptors (Lipinski definition) is 3. The molecule has 0 spiro atoms. The van der Waals surface area contributed by atoms with Gasteiger partial charge < -0.3 is 5.32 Å². The van der Waals surface area contributed by atoms with Crippen molar-refractivity contribution in [1.29, 1.82) is 0 Å². The van der Waals surface area contributed by atoms with Crippen molar-refractivity contribution in [3.63, 3.8) is 0 Å². The fraction of sp³-hybridized carbons (Fsp3) is 0.0714. The number of benzene rings is 1. The van der Waals surface area contributed by atoms with Crippen LogP contribution in [0.25, 0.3) is 0 Å². The smallest absolute Gasteiger partial charge is 0.258 e. The van der Waals surface area contributed by atoms with Crippen LogP contribution < -0.4 is 10.6 Å². The van der Waals surface area contributed by atoms with Gasteiger partial charge in [-0.05, 0) is 66.0 Å². The highest BCUT2D eigenvalue weighted by molar-refractivity contribution is 14.1. The zero-order valence-corrected chi connectivity index (χ0v) is 13.7. The Balaban J connectivity index is 2.02. The number of thiocarbonyl (C=S) groups is 1. The van der Waals surface area contributed by atoms with Crippen molar-refractivity contribution in [2.45, 2.75) is 6.92 Å². The van der Waals surface area contributed by atoms with E-state index in [1.54, 1.807) is 12.1 Å². The predicted octanol–water partition coefficient (Wildman–Crippen LogP) is 3.12. The highest BCUT2D eigenvalue weighted by atomic mass is 127. The van der Waals surface area contributed by atoms with Gasteiger partial charge in [-0.15, -0.1) is 0 Å². The van der Waals surface area contributed by atoms with Crippen LogP contribution in [0.2, 0.25) is 0 Å². The summed E-state index contributed by atoms with van der Waals surface area (Å²) in [6.07, 6.45) is 0. The zero-order chi connectivity index (χ0) is 14.5. The first kappa shape index (κ1) is 14.9. The van der Waals surface area contributed by atoms with Crippen molar-refractivity contribution in [3.8, 4) is 0 Å². The van der Waals surface area contributed by atoms with E-state index in [1.165, 1.54) is 0 Å². The molecule has 0 saturated heterocycles. The lowest BCUT2D eigenvalue weighted by Gasteiger charge is -2.10. The highest BCUT2D eigenvalue weighted by Gasteiger charge is 2.10. The Morgan fingerprint density at radius 1 is 1.20 bits per heavy atom. The van der Waals surface area contributed by atoms with Crippen LogP contribution in [0.15, 0.2) is 42.5 Å². The van der Waals surface area contributed by atoms with Gasteiger partial charge in [0.05, 0.1) is 5.56 Å². The molecular formula is C14H12IN3OS. The fourth-order valence-electron chi connectivity index (χ4n) is 1.58. The van der Waals surface area contributed by atoms with Crippen LogP contribution >= 0.6 is 34.8 Å². The molecule has 2 N–H and O–H groups in total. The number of nitrogens with one attached hydrogen (secondary N) is 2. The summed E-state index contributed by atoms with van der Waals surface area (Å²) < 4.78 is 0.874. The monoisotopic (exact) mass is 397 g/mol. The minimum Gasteiger partial charge on any atom is -0.317 e. The molecule has 4 nitrogen and oxygen atoms in total. The van der Waals surface area contributed by atoms with Crippen LogP contribution in [0, 0.1) is 10.5 Å². The topological polar surface area (TPSA) is 54.0 Å². The quantitative estimate of drug-likeness (QED) is 0.604. The first-order chi connectivity index (χ1) is 9.56. The summed E-state index contributed by atoms with van der Waals surface area (Å²) in [4.78, 5) is 16.3. The lowest BCUT2D eigenvalue weighted by Crippen LogP contribution is -2.34. The molecule has 0 atom stereocenters. The van der Waals surface area contributed by atoms with Gasteiger partial charge in [0.1, 0.15) is 5.82 Å². The number of carbonyl (C=O) groups excluding carboxylic acids is 1. The van der Waals surface area contributed by atoms with E-state index in [2.05, 4.69) is 38.2 Å². The molecule has 20 heavy (non-hydrogen) atoms. The Labute approximate surface area is 136 Å². The van der Waals surface area contributed by atoms with Crippen LogP contribution in [0.3, 0.4) is 0 Å². The van der Waals surface area contributed by atoms with Gasteiger partial charge in [0.25, 0.3) is 5.91 Å². The molecule has 1 heterocycles. The maximum atomic E-state index is 12.1. The van der Waals surface area contributed by atoms with Crippen LogP contribution in [0.5, 0.6) is 0 Å². The average Bonchev–Trinajstić information content (AvgIpc) is 2.38. The first-order valence-electron chi connectivity index (χ1n) is 5.87. The molecule has 2 rings (SSSR count). The zero-order valence-electron chi connectivity index (χ0n) is 10.7. The number of amides is 1. The Bertz CT molecular complexity index is 660. The van der Waals surface area contributed by atoms with Gasteiger partial charge in [-0.1, -0.05) is 18.2 Å². The van der Waals surface area contributed by atoms with Crippen LogP contribution in [0.4, 0.5) is 5.82 Å². The second-order valence-corrected chi connectivity index (χ2v) is 5.62. The maximum Gasteiger partial charge on any atom is 0.258 e. The summed E-state index contributed by atoms with van der Waals surface area (Å²) in [5, 5.41) is 5.76. The number of nitrogens with zero attached hydrogens (tertiary/aromatic N) is 1. The molecule has 0 bridgehead atoms. The van der Waals surface area contributed by atoms with Gasteiger partial charge >= 0.3 is 0 Å². The Morgan fingerprint density at radius 3 is 2.65 bits per heavy atom. The molecule has 6 heteroatoms. The lowest BCUT2D eigenvalue weighted by atomic mass is 10.2. The molecule has 0 aliphatic rings. The van der Waals surface area contributed by atoms with Gasteiger partial charge in [-0.3, -0.25) is 10.1 Å². The van der Waals surface area contributed by atoms with Gasteiger partial charge in [0.2, 0.25) is 0 Å². The minimum absolute atomic E-state index is 0.229. The molecule has 0 aliphatic heterocycles. The molecule has 0 aliphatic carbocycles. The van der Waals surface area contributed by atoms with E-state index in [0.29, 0.717) is 11.4 Å². The Hall–Kier alpha value is -1.54. The van der Waals surface area contributed by atoms with Crippen molar-refractivity contribution in [2.24, 2.45) is 0 Å². The van der Waals surface area contributed by atoms with E-state index in [-0.39, 0.29) is 11.0 Å². The van der Waals surface area contributed by atoms with Crippen molar-refractivity contribution in [2.75, 3.05) is 5.32 Å². The molecule has 1 aromatic heterocycles. The van der Waals surface area contributed by atoms with E-state index in [0.717, 1.165) is 9.26 Å². The summed E-state index contributed by atoms with van der Waals surface area (Å²) in [6, 6.07) is 12.9. The number of aryl methyl sites for hydroxylation is 1. The number of carbonyl (C=O) groups is 1. The molecule has 1 aromatic carbocycles. The molecule has 102 valence electrons. The molecule has 1 amide bonds. The van der Waals surface area contributed by atoms with Gasteiger partial charge in [-0.2, -0.15) is 0 Å². The molecule has 0 fully saturated rings. The van der Waals surface area contributed by atoms with Crippen LogP contribution in [0.1, 0.15) is 16.1 Å². The van der Waals surface area contributed by atoms with E-state index < -0.39 is 0 Å². The average molecular weight is 397 g/mol. The maximum absolute atomic E-state index is 12.1. The molecule has 0 saturated carbocycles. The lowest BCUT2D eigenvalue weighted by molar-refractivity contribution is 0.0977. The van der Waals surface area contributed by atoms with E-state index in [9.17, 15) is 4.79 Å². The summed E-state index contributed by atoms with van der Waals surface area (Å²) in [5.41, 5.74) is 1.47. The minimum atomic E-state index is -0.236. The van der Waals surface area contributed by atoms with Crippen molar-refractivity contribution < 1.29 is 4.79 Å². The normalized spacial score (nSPS) is 9.90. The fourth-order valence-corrected chi connectivity index (χ4v) is 2.41. The molecular weight excluding hydrogens is 385 g/mol. The molecule has 0 radical (unpaired) electrons. The SMILES string of the molecule is Cc1cccc(NC(=S)NC(=O)c2ccccc2I)n1. The third kappa shape index (κ3) is 3.97. The first-order valence-corrected chi connectivity index (χ1v) is 7.35. The number of aromatic nitrogens is 1. The van der Waals surface area contributed by atoms with E-state index in [1.807, 2.05) is 37.3 Å². The van der Waals surface area contributed by atoms with Gasteiger partial charge in [0, 0.05) is 9.26 Å². The van der Waals surface area contributed by atoms with Crippen molar-refractivity contribution >= 4 is 51.6 Å². The molecule has 2 aromatic rings. The second kappa shape index (κ2) is 6.76. The van der Waals surface area contributed by atoms with E-state index >= 15 is 0 Å². The number of rotatable bonds is 2. The number of halogens is 1. The van der Waals surface area contributed by atoms with Gasteiger partial charge in [-0.25, -0.2) is 4.98 Å². The number of pyridine rings is 1. The Kier molecular flexibility index (Phi) is 5.02. The highest BCUT2D eigenvalue weighted by Crippen LogP contribution is 2.11.